The summed E-state index contributed by atoms with van der Waals surface area (Å²) in [4.78, 5) is 17.3. The number of likely N-dealkylation sites (tertiary alicyclic amines) is 1. The molecule has 0 aromatic carbocycles. The van der Waals surface area contributed by atoms with E-state index in [2.05, 4.69) is 16.9 Å². The van der Waals surface area contributed by atoms with Crippen LogP contribution in [0.15, 0.2) is 5.38 Å². The first-order valence-corrected chi connectivity index (χ1v) is 6.38. The molecule has 1 N–H and O–H groups in total. The molecule has 0 amide bonds. The minimum Gasteiger partial charge on any atom is -0.481 e. The molecule has 0 spiro atoms. The van der Waals surface area contributed by atoms with Gasteiger partial charge in [-0.3, -0.25) is 4.79 Å². The van der Waals surface area contributed by atoms with Gasteiger partial charge < -0.3 is 10.0 Å². The number of thiazole rings is 1. The lowest BCUT2D eigenvalue weighted by Crippen LogP contribution is -2.29. The van der Waals surface area contributed by atoms with Crippen molar-refractivity contribution in [2.45, 2.75) is 25.2 Å². The fraction of sp³-hybridized carbons (Fsp3) is 0.636. The molecule has 0 radical (unpaired) electrons. The number of piperidine rings is 1. The zero-order valence-corrected chi connectivity index (χ0v) is 10.2. The van der Waals surface area contributed by atoms with Gasteiger partial charge in [-0.2, -0.15) is 0 Å². The number of carboxylic acid groups (broad SMARTS) is 1. The molecular weight excluding hydrogens is 224 g/mol. The number of carbonyl (C=O) groups is 1. The topological polar surface area (TPSA) is 53.4 Å². The summed E-state index contributed by atoms with van der Waals surface area (Å²) < 4.78 is 0. The molecule has 88 valence electrons. The number of carboxylic acids is 1. The molecular formula is C11H16N2O2S. The lowest BCUT2D eigenvalue weighted by molar-refractivity contribution is -0.136. The number of rotatable bonds is 3. The van der Waals surface area contributed by atoms with Crippen LogP contribution in [0, 0.1) is 0 Å². The highest BCUT2D eigenvalue weighted by atomic mass is 32.1. The Morgan fingerprint density at radius 1 is 1.62 bits per heavy atom. The Morgan fingerprint density at radius 2 is 2.31 bits per heavy atom. The van der Waals surface area contributed by atoms with Crippen molar-refractivity contribution in [3.63, 3.8) is 0 Å². The molecule has 1 aliphatic heterocycles. The second kappa shape index (κ2) is 4.93. The average Bonchev–Trinajstić information content (AvgIpc) is 2.66. The smallest absolute Gasteiger partial charge is 0.310 e. The van der Waals surface area contributed by atoms with Crippen LogP contribution in [0.25, 0.3) is 0 Å². The van der Waals surface area contributed by atoms with Crippen LogP contribution >= 0.6 is 11.3 Å². The van der Waals surface area contributed by atoms with Crippen LogP contribution in [0.1, 0.15) is 29.5 Å². The molecule has 1 aromatic rings. The maximum Gasteiger partial charge on any atom is 0.310 e. The van der Waals surface area contributed by atoms with Crippen molar-refractivity contribution in [1.82, 2.24) is 9.88 Å². The maximum absolute atomic E-state index is 10.6. The summed E-state index contributed by atoms with van der Waals surface area (Å²) in [5, 5.41) is 11.4. The Morgan fingerprint density at radius 3 is 2.94 bits per heavy atom. The quantitative estimate of drug-likeness (QED) is 0.871. The first kappa shape index (κ1) is 11.5. The minimum atomic E-state index is -0.802. The van der Waals surface area contributed by atoms with E-state index in [0.717, 1.165) is 36.6 Å². The van der Waals surface area contributed by atoms with Gasteiger partial charge in [-0.25, -0.2) is 4.98 Å². The second-order valence-electron chi connectivity index (χ2n) is 4.31. The molecule has 2 rings (SSSR count). The Balaban J connectivity index is 1.99. The fourth-order valence-electron chi connectivity index (χ4n) is 2.03. The summed E-state index contributed by atoms with van der Waals surface area (Å²) in [6.45, 7) is 2.22. The van der Waals surface area contributed by atoms with Crippen molar-refractivity contribution in [3.8, 4) is 0 Å². The summed E-state index contributed by atoms with van der Waals surface area (Å²) in [5.74, 6) is -0.278. The standard InChI is InChI=1S/C11H16N2O2S/c1-13-4-2-8(3-5-13)9-7-16-10(12-9)6-11(14)15/h7-8H,2-6H2,1H3,(H,14,15). The molecule has 16 heavy (non-hydrogen) atoms. The number of nitrogens with zero attached hydrogens (tertiary/aromatic N) is 2. The van der Waals surface area contributed by atoms with Gasteiger partial charge in [-0.15, -0.1) is 11.3 Å². The predicted molar refractivity (Wildman–Crippen MR) is 62.9 cm³/mol. The first-order valence-electron chi connectivity index (χ1n) is 5.50. The number of aromatic nitrogens is 1. The van der Waals surface area contributed by atoms with Gasteiger partial charge in [0.25, 0.3) is 0 Å². The van der Waals surface area contributed by atoms with E-state index in [1.165, 1.54) is 11.3 Å². The highest BCUT2D eigenvalue weighted by molar-refractivity contribution is 7.09. The first-order chi connectivity index (χ1) is 7.65. The number of hydrogen-bond donors (Lipinski definition) is 1. The van der Waals surface area contributed by atoms with Gasteiger partial charge in [-0.05, 0) is 33.0 Å². The van der Waals surface area contributed by atoms with Crippen LogP contribution in [0.3, 0.4) is 0 Å². The molecule has 1 aromatic heterocycles. The van der Waals surface area contributed by atoms with E-state index in [1.54, 1.807) is 0 Å². The van der Waals surface area contributed by atoms with E-state index in [1.807, 2.05) is 5.38 Å². The zero-order chi connectivity index (χ0) is 11.5. The van der Waals surface area contributed by atoms with Crippen molar-refractivity contribution < 1.29 is 9.90 Å². The Labute approximate surface area is 98.9 Å². The van der Waals surface area contributed by atoms with E-state index in [4.69, 9.17) is 5.11 Å². The summed E-state index contributed by atoms with van der Waals surface area (Å²) in [7, 11) is 2.13. The summed E-state index contributed by atoms with van der Waals surface area (Å²) in [6, 6.07) is 0. The zero-order valence-electron chi connectivity index (χ0n) is 9.35. The Kier molecular flexibility index (Phi) is 3.56. The largest absolute Gasteiger partial charge is 0.481 e. The normalized spacial score (nSPS) is 18.8. The third-order valence-corrected chi connectivity index (χ3v) is 3.88. The van der Waals surface area contributed by atoms with Gasteiger partial charge >= 0.3 is 5.97 Å². The van der Waals surface area contributed by atoms with Crippen LogP contribution in [0.2, 0.25) is 0 Å². The van der Waals surface area contributed by atoms with Gasteiger partial charge in [0.15, 0.2) is 0 Å². The predicted octanol–water partition coefficient (Wildman–Crippen LogP) is 1.58. The van der Waals surface area contributed by atoms with Crippen LogP contribution in [-0.2, 0) is 11.2 Å². The molecule has 0 atom stereocenters. The van der Waals surface area contributed by atoms with Gasteiger partial charge in [0.1, 0.15) is 5.01 Å². The Hall–Kier alpha value is -0.940. The van der Waals surface area contributed by atoms with Crippen molar-refractivity contribution in [3.05, 3.63) is 16.1 Å². The molecule has 0 saturated carbocycles. The van der Waals surface area contributed by atoms with Crippen molar-refractivity contribution in [2.24, 2.45) is 0 Å². The van der Waals surface area contributed by atoms with E-state index in [9.17, 15) is 4.79 Å². The summed E-state index contributed by atoms with van der Waals surface area (Å²) >= 11 is 1.47. The van der Waals surface area contributed by atoms with Crippen molar-refractivity contribution in [2.75, 3.05) is 20.1 Å². The molecule has 4 nitrogen and oxygen atoms in total. The fourth-order valence-corrected chi connectivity index (χ4v) is 2.89. The molecule has 0 bridgehead atoms. The summed E-state index contributed by atoms with van der Waals surface area (Å²) in [5.41, 5.74) is 1.09. The second-order valence-corrected chi connectivity index (χ2v) is 5.26. The third kappa shape index (κ3) is 2.80. The molecule has 1 aliphatic rings. The average molecular weight is 240 g/mol. The molecule has 2 heterocycles. The van der Waals surface area contributed by atoms with Gasteiger partial charge in [0.05, 0.1) is 12.1 Å². The van der Waals surface area contributed by atoms with Gasteiger partial charge in [0, 0.05) is 11.3 Å². The highest BCUT2D eigenvalue weighted by Gasteiger charge is 2.20. The van der Waals surface area contributed by atoms with Gasteiger partial charge in [0.2, 0.25) is 0 Å². The van der Waals surface area contributed by atoms with Crippen LogP contribution in [0.4, 0.5) is 0 Å². The monoisotopic (exact) mass is 240 g/mol. The molecule has 0 unspecified atom stereocenters. The number of hydrogen-bond acceptors (Lipinski definition) is 4. The van der Waals surface area contributed by atoms with E-state index in [0.29, 0.717) is 5.92 Å². The SMILES string of the molecule is CN1CCC(c2csc(CC(=O)O)n2)CC1. The van der Waals surface area contributed by atoms with Crippen LogP contribution in [-0.4, -0.2) is 41.1 Å². The van der Waals surface area contributed by atoms with Crippen LogP contribution < -0.4 is 0 Å². The lowest BCUT2D eigenvalue weighted by atomic mass is 9.95. The Bertz CT molecular complexity index is 370. The van der Waals surface area contributed by atoms with Crippen molar-refractivity contribution >= 4 is 17.3 Å². The minimum absolute atomic E-state index is 0.0529. The third-order valence-electron chi connectivity index (χ3n) is 3.01. The molecule has 1 saturated heterocycles. The van der Waals surface area contributed by atoms with E-state index < -0.39 is 5.97 Å². The number of aliphatic carboxylic acids is 1. The summed E-state index contributed by atoms with van der Waals surface area (Å²) in [6.07, 6.45) is 2.32. The van der Waals surface area contributed by atoms with Crippen molar-refractivity contribution in [1.29, 1.82) is 0 Å². The van der Waals surface area contributed by atoms with Gasteiger partial charge in [-0.1, -0.05) is 0 Å². The lowest BCUT2D eigenvalue weighted by Gasteiger charge is -2.27. The van der Waals surface area contributed by atoms with Crippen LogP contribution in [0.5, 0.6) is 0 Å². The maximum atomic E-state index is 10.6. The molecule has 5 heteroatoms. The molecule has 1 fully saturated rings. The van der Waals surface area contributed by atoms with E-state index >= 15 is 0 Å². The van der Waals surface area contributed by atoms with E-state index in [-0.39, 0.29) is 6.42 Å². The highest BCUT2D eigenvalue weighted by Crippen LogP contribution is 2.28. The molecule has 0 aliphatic carbocycles.